The lowest BCUT2D eigenvalue weighted by atomic mass is 9.68. The van der Waals surface area contributed by atoms with Gasteiger partial charge in [0.05, 0.1) is 12.2 Å². The van der Waals surface area contributed by atoms with Gasteiger partial charge in [0.1, 0.15) is 5.82 Å². The standard InChI is InChI=1S/C32H40F6O/c1-3-5-20-6-11-22(12-7-20)23-13-8-21(9-14-23)10-15-24-16-17-25(29(33)28(24)32(36,37)38)26-18-19-27(39-4-2)31(35)30(26)34/h16-23H,3-15H2,1-2H3. The number of hydrogen-bond donors (Lipinski definition) is 0. The first-order chi connectivity index (χ1) is 18.6. The predicted molar refractivity (Wildman–Crippen MR) is 142 cm³/mol. The minimum atomic E-state index is -4.95. The minimum absolute atomic E-state index is 0.0820. The van der Waals surface area contributed by atoms with Crippen LogP contribution < -0.4 is 4.74 Å². The summed E-state index contributed by atoms with van der Waals surface area (Å²) in [4.78, 5) is 0. The number of halogens is 6. The molecule has 0 amide bonds. The van der Waals surface area contributed by atoms with E-state index >= 15 is 4.39 Å². The van der Waals surface area contributed by atoms with E-state index in [1.165, 1.54) is 44.6 Å². The monoisotopic (exact) mass is 554 g/mol. The molecule has 39 heavy (non-hydrogen) atoms. The zero-order valence-corrected chi connectivity index (χ0v) is 23.0. The van der Waals surface area contributed by atoms with Crippen molar-refractivity contribution in [3.63, 3.8) is 0 Å². The molecule has 2 fully saturated rings. The van der Waals surface area contributed by atoms with Gasteiger partial charge >= 0.3 is 6.18 Å². The van der Waals surface area contributed by atoms with Crippen molar-refractivity contribution in [2.24, 2.45) is 23.7 Å². The Morgan fingerprint density at radius 1 is 0.692 bits per heavy atom. The SMILES string of the molecule is CCCC1CCC(C2CCC(CCc3ccc(-c4ccc(OCC)c(F)c4F)c(F)c3C(F)(F)F)CC2)CC1. The van der Waals surface area contributed by atoms with Crippen LogP contribution >= 0.6 is 0 Å². The van der Waals surface area contributed by atoms with Gasteiger partial charge in [-0.3, -0.25) is 0 Å². The largest absolute Gasteiger partial charge is 0.491 e. The Balaban J connectivity index is 1.43. The topological polar surface area (TPSA) is 9.23 Å². The Kier molecular flexibility index (Phi) is 9.92. The molecule has 4 rings (SSSR count). The molecule has 0 unspecified atom stereocenters. The van der Waals surface area contributed by atoms with Gasteiger partial charge in [-0.15, -0.1) is 0 Å². The smallest absolute Gasteiger partial charge is 0.419 e. The van der Waals surface area contributed by atoms with Crippen LogP contribution in [0.2, 0.25) is 0 Å². The number of hydrogen-bond acceptors (Lipinski definition) is 1. The maximum absolute atomic E-state index is 15.3. The fraction of sp³-hybridized carbons (Fsp3) is 0.625. The number of rotatable bonds is 9. The van der Waals surface area contributed by atoms with Crippen molar-refractivity contribution in [1.82, 2.24) is 0 Å². The Bertz CT molecular complexity index is 1090. The highest BCUT2D eigenvalue weighted by molar-refractivity contribution is 5.68. The molecule has 0 aromatic heterocycles. The fourth-order valence-corrected chi connectivity index (χ4v) is 7.01. The molecule has 7 heteroatoms. The van der Waals surface area contributed by atoms with Crippen molar-refractivity contribution in [1.29, 1.82) is 0 Å². The van der Waals surface area contributed by atoms with Gasteiger partial charge in [-0.05, 0) is 86.8 Å². The summed E-state index contributed by atoms with van der Waals surface area (Å²) in [5, 5.41) is 0. The van der Waals surface area contributed by atoms with Crippen molar-refractivity contribution >= 4 is 0 Å². The number of alkyl halides is 3. The third-order valence-corrected chi connectivity index (χ3v) is 9.12. The van der Waals surface area contributed by atoms with E-state index < -0.39 is 40.3 Å². The molecule has 0 atom stereocenters. The van der Waals surface area contributed by atoms with Gasteiger partial charge < -0.3 is 4.74 Å². The lowest BCUT2D eigenvalue weighted by Crippen LogP contribution is -2.26. The zero-order chi connectivity index (χ0) is 28.2. The van der Waals surface area contributed by atoms with E-state index in [0.29, 0.717) is 12.3 Å². The first-order valence-corrected chi connectivity index (χ1v) is 14.6. The van der Waals surface area contributed by atoms with Gasteiger partial charge in [-0.1, -0.05) is 57.6 Å². The van der Waals surface area contributed by atoms with Crippen LogP contribution in [-0.2, 0) is 12.6 Å². The van der Waals surface area contributed by atoms with E-state index in [4.69, 9.17) is 4.74 Å². The molecule has 2 aliphatic carbocycles. The van der Waals surface area contributed by atoms with E-state index in [-0.39, 0.29) is 24.3 Å². The summed E-state index contributed by atoms with van der Waals surface area (Å²) >= 11 is 0. The number of ether oxygens (including phenoxy) is 1. The molecular weight excluding hydrogens is 514 g/mol. The molecule has 0 N–H and O–H groups in total. The molecule has 1 nitrogen and oxygen atoms in total. The molecular formula is C32H40F6O. The highest BCUT2D eigenvalue weighted by Gasteiger charge is 2.39. The quantitative estimate of drug-likeness (QED) is 0.280. The van der Waals surface area contributed by atoms with E-state index in [2.05, 4.69) is 6.92 Å². The van der Waals surface area contributed by atoms with Crippen LogP contribution in [-0.4, -0.2) is 6.61 Å². The van der Waals surface area contributed by atoms with Gasteiger partial charge in [0.25, 0.3) is 0 Å². The fourth-order valence-electron chi connectivity index (χ4n) is 7.01. The van der Waals surface area contributed by atoms with Crippen molar-refractivity contribution in [2.45, 2.75) is 97.1 Å². The minimum Gasteiger partial charge on any atom is -0.491 e. The zero-order valence-electron chi connectivity index (χ0n) is 23.0. The predicted octanol–water partition coefficient (Wildman–Crippen LogP) is 10.5. The molecule has 0 aliphatic heterocycles. The second-order valence-electron chi connectivity index (χ2n) is 11.5. The van der Waals surface area contributed by atoms with Crippen molar-refractivity contribution in [3.05, 3.63) is 52.8 Å². The summed E-state index contributed by atoms with van der Waals surface area (Å²) < 4.78 is 91.4. The Morgan fingerprint density at radius 3 is 1.77 bits per heavy atom. The molecule has 0 radical (unpaired) electrons. The number of benzene rings is 2. The summed E-state index contributed by atoms with van der Waals surface area (Å²) in [6, 6.07) is 4.50. The summed E-state index contributed by atoms with van der Waals surface area (Å²) in [6.07, 6.45) is 7.78. The normalized spacial score (nSPS) is 24.1. The second-order valence-corrected chi connectivity index (χ2v) is 11.5. The molecule has 2 saturated carbocycles. The third-order valence-electron chi connectivity index (χ3n) is 9.12. The Morgan fingerprint density at radius 2 is 1.23 bits per heavy atom. The van der Waals surface area contributed by atoms with Gasteiger partial charge in [-0.2, -0.15) is 17.6 Å². The summed E-state index contributed by atoms with van der Waals surface area (Å²) in [7, 11) is 0. The van der Waals surface area contributed by atoms with Crippen LogP contribution in [0.1, 0.15) is 95.6 Å². The van der Waals surface area contributed by atoms with Crippen LogP contribution in [0.4, 0.5) is 26.3 Å². The van der Waals surface area contributed by atoms with Crippen LogP contribution in [0.25, 0.3) is 11.1 Å². The van der Waals surface area contributed by atoms with Gasteiger partial charge in [0.2, 0.25) is 5.82 Å². The molecule has 0 heterocycles. The average Bonchev–Trinajstić information content (AvgIpc) is 2.91. The third kappa shape index (κ3) is 6.94. The van der Waals surface area contributed by atoms with Crippen molar-refractivity contribution < 1.29 is 31.1 Å². The lowest BCUT2D eigenvalue weighted by molar-refractivity contribution is -0.140. The van der Waals surface area contributed by atoms with Gasteiger partial charge in [-0.25, -0.2) is 8.78 Å². The second kappa shape index (κ2) is 13.0. The van der Waals surface area contributed by atoms with E-state index in [0.717, 1.165) is 61.6 Å². The molecule has 0 bridgehead atoms. The molecule has 2 aromatic carbocycles. The first kappa shape index (κ1) is 29.8. The average molecular weight is 555 g/mol. The number of aryl methyl sites for hydroxylation is 1. The van der Waals surface area contributed by atoms with Crippen molar-refractivity contribution in [3.8, 4) is 16.9 Å². The summed E-state index contributed by atoms with van der Waals surface area (Å²) in [5.41, 5.74) is -2.69. The maximum atomic E-state index is 15.3. The van der Waals surface area contributed by atoms with E-state index in [9.17, 15) is 22.0 Å². The van der Waals surface area contributed by atoms with Gasteiger partial charge in [0.15, 0.2) is 11.6 Å². The van der Waals surface area contributed by atoms with Crippen molar-refractivity contribution in [2.75, 3.05) is 6.61 Å². The highest BCUT2D eigenvalue weighted by atomic mass is 19.4. The molecule has 216 valence electrons. The van der Waals surface area contributed by atoms with E-state index in [1.54, 1.807) is 6.92 Å². The molecule has 2 aromatic rings. The van der Waals surface area contributed by atoms with Crippen LogP contribution in [0, 0.1) is 41.1 Å². The summed E-state index contributed by atoms with van der Waals surface area (Å²) in [6.45, 7) is 3.92. The summed E-state index contributed by atoms with van der Waals surface area (Å²) in [5.74, 6) is -2.02. The lowest BCUT2D eigenvalue weighted by Gasteiger charge is -2.38. The maximum Gasteiger partial charge on any atom is 0.419 e. The van der Waals surface area contributed by atoms with Crippen LogP contribution in [0.15, 0.2) is 24.3 Å². The molecule has 0 spiro atoms. The molecule has 0 saturated heterocycles. The van der Waals surface area contributed by atoms with Crippen LogP contribution in [0.5, 0.6) is 5.75 Å². The molecule has 2 aliphatic rings. The first-order valence-electron chi connectivity index (χ1n) is 14.6. The van der Waals surface area contributed by atoms with E-state index in [1.807, 2.05) is 0 Å². The van der Waals surface area contributed by atoms with Crippen LogP contribution in [0.3, 0.4) is 0 Å². The van der Waals surface area contributed by atoms with Gasteiger partial charge in [0, 0.05) is 11.1 Å². The Labute approximate surface area is 228 Å². The Hall–Kier alpha value is -2.18. The highest BCUT2D eigenvalue weighted by Crippen LogP contribution is 2.44.